The van der Waals surface area contributed by atoms with Gasteiger partial charge in [0.1, 0.15) is 11.5 Å². The highest BCUT2D eigenvalue weighted by molar-refractivity contribution is 9.09. The molecule has 0 amide bonds. The van der Waals surface area contributed by atoms with Gasteiger partial charge in [-0.25, -0.2) is 0 Å². The zero-order chi connectivity index (χ0) is 12.0. The molecule has 1 aromatic rings. The van der Waals surface area contributed by atoms with E-state index >= 15 is 0 Å². The van der Waals surface area contributed by atoms with Gasteiger partial charge in [-0.1, -0.05) is 22.9 Å². The average Bonchev–Trinajstić information content (AvgIpc) is 2.35. The van der Waals surface area contributed by atoms with Crippen LogP contribution in [0.1, 0.15) is 25.3 Å². The molecule has 0 aromatic heterocycles. The SMILES string of the molecule is CCC(Br)CCc1cc(OC)ccc1OC. The molecule has 0 heterocycles. The van der Waals surface area contributed by atoms with E-state index < -0.39 is 0 Å². The van der Waals surface area contributed by atoms with Crippen molar-refractivity contribution in [3.63, 3.8) is 0 Å². The van der Waals surface area contributed by atoms with Crippen LogP contribution in [-0.4, -0.2) is 19.0 Å². The standard InChI is InChI=1S/C13H19BrO2/c1-4-11(14)6-5-10-9-12(15-2)7-8-13(10)16-3/h7-9,11H,4-6H2,1-3H3. The Morgan fingerprint density at radius 3 is 2.56 bits per heavy atom. The lowest BCUT2D eigenvalue weighted by Gasteiger charge is -2.12. The van der Waals surface area contributed by atoms with Gasteiger partial charge in [-0.05, 0) is 43.0 Å². The highest BCUT2D eigenvalue weighted by Crippen LogP contribution is 2.26. The van der Waals surface area contributed by atoms with Gasteiger partial charge in [0.05, 0.1) is 14.2 Å². The minimum atomic E-state index is 0.573. The molecule has 1 atom stereocenters. The second-order valence-corrected chi connectivity index (χ2v) is 5.02. The molecule has 1 rings (SSSR count). The van der Waals surface area contributed by atoms with E-state index in [2.05, 4.69) is 22.9 Å². The molecule has 1 aromatic carbocycles. The van der Waals surface area contributed by atoms with Gasteiger partial charge in [0.2, 0.25) is 0 Å². The van der Waals surface area contributed by atoms with Crippen molar-refractivity contribution in [3.05, 3.63) is 23.8 Å². The summed E-state index contributed by atoms with van der Waals surface area (Å²) >= 11 is 3.64. The van der Waals surface area contributed by atoms with Crippen LogP contribution in [0, 0.1) is 0 Å². The smallest absolute Gasteiger partial charge is 0.122 e. The number of ether oxygens (including phenoxy) is 2. The number of benzene rings is 1. The zero-order valence-electron chi connectivity index (χ0n) is 10.1. The summed E-state index contributed by atoms with van der Waals surface area (Å²) in [4.78, 5) is 0.573. The van der Waals surface area contributed by atoms with Crippen molar-refractivity contribution in [1.29, 1.82) is 0 Å². The number of aryl methyl sites for hydroxylation is 1. The lowest BCUT2D eigenvalue weighted by Crippen LogP contribution is -2.00. The van der Waals surface area contributed by atoms with Crippen molar-refractivity contribution in [3.8, 4) is 11.5 Å². The fraction of sp³-hybridized carbons (Fsp3) is 0.538. The normalized spacial score (nSPS) is 12.2. The number of hydrogen-bond acceptors (Lipinski definition) is 2. The molecule has 0 N–H and O–H groups in total. The molecule has 0 aliphatic rings. The number of rotatable bonds is 6. The molecule has 0 radical (unpaired) electrons. The first-order chi connectivity index (χ1) is 7.71. The molecule has 3 heteroatoms. The van der Waals surface area contributed by atoms with Crippen LogP contribution >= 0.6 is 15.9 Å². The topological polar surface area (TPSA) is 18.5 Å². The number of halogens is 1. The van der Waals surface area contributed by atoms with Crippen LogP contribution in [0.25, 0.3) is 0 Å². The summed E-state index contributed by atoms with van der Waals surface area (Å²) in [6, 6.07) is 5.94. The summed E-state index contributed by atoms with van der Waals surface area (Å²) in [7, 11) is 3.39. The fourth-order valence-electron chi connectivity index (χ4n) is 1.59. The van der Waals surface area contributed by atoms with E-state index in [1.54, 1.807) is 14.2 Å². The van der Waals surface area contributed by atoms with Crippen molar-refractivity contribution in [1.82, 2.24) is 0 Å². The fourth-order valence-corrected chi connectivity index (χ4v) is 1.82. The quantitative estimate of drug-likeness (QED) is 0.741. The summed E-state index contributed by atoms with van der Waals surface area (Å²) in [6.45, 7) is 2.18. The van der Waals surface area contributed by atoms with E-state index in [0.717, 1.165) is 30.8 Å². The first kappa shape index (κ1) is 13.4. The molecule has 0 bridgehead atoms. The highest BCUT2D eigenvalue weighted by Gasteiger charge is 2.07. The molecular formula is C13H19BrO2. The van der Waals surface area contributed by atoms with Crippen LogP contribution in [0.15, 0.2) is 18.2 Å². The van der Waals surface area contributed by atoms with Crippen molar-refractivity contribution < 1.29 is 9.47 Å². The Hall–Kier alpha value is -0.700. The molecule has 16 heavy (non-hydrogen) atoms. The third kappa shape index (κ3) is 3.71. The predicted octanol–water partition coefficient (Wildman–Crippen LogP) is 3.81. The molecular weight excluding hydrogens is 268 g/mol. The predicted molar refractivity (Wildman–Crippen MR) is 70.9 cm³/mol. The van der Waals surface area contributed by atoms with Gasteiger partial charge in [-0.15, -0.1) is 0 Å². The molecule has 0 spiro atoms. The van der Waals surface area contributed by atoms with E-state index in [1.165, 1.54) is 5.56 Å². The highest BCUT2D eigenvalue weighted by atomic mass is 79.9. The van der Waals surface area contributed by atoms with Crippen molar-refractivity contribution in [2.75, 3.05) is 14.2 Å². The first-order valence-electron chi connectivity index (χ1n) is 5.56. The van der Waals surface area contributed by atoms with E-state index in [4.69, 9.17) is 9.47 Å². The molecule has 0 aliphatic carbocycles. The lowest BCUT2D eigenvalue weighted by atomic mass is 10.1. The minimum Gasteiger partial charge on any atom is -0.497 e. The van der Waals surface area contributed by atoms with Gasteiger partial charge >= 0.3 is 0 Å². The van der Waals surface area contributed by atoms with Crippen molar-refractivity contribution in [2.24, 2.45) is 0 Å². The van der Waals surface area contributed by atoms with Gasteiger partial charge in [-0.3, -0.25) is 0 Å². The van der Waals surface area contributed by atoms with Crippen molar-refractivity contribution in [2.45, 2.75) is 31.0 Å². The average molecular weight is 287 g/mol. The second kappa shape index (κ2) is 6.79. The Morgan fingerprint density at radius 2 is 2.00 bits per heavy atom. The third-order valence-corrected chi connectivity index (χ3v) is 3.76. The summed E-state index contributed by atoms with van der Waals surface area (Å²) in [5.74, 6) is 1.83. The maximum Gasteiger partial charge on any atom is 0.122 e. The number of hydrogen-bond donors (Lipinski definition) is 0. The van der Waals surface area contributed by atoms with Gasteiger partial charge < -0.3 is 9.47 Å². The van der Waals surface area contributed by atoms with Gasteiger partial charge in [0.15, 0.2) is 0 Å². The maximum absolute atomic E-state index is 5.34. The van der Waals surface area contributed by atoms with Crippen molar-refractivity contribution >= 4 is 15.9 Å². The Kier molecular flexibility index (Phi) is 5.67. The Bertz CT molecular complexity index is 326. The Labute approximate surface area is 106 Å². The summed E-state index contributed by atoms with van der Waals surface area (Å²) in [6.07, 6.45) is 3.26. The molecule has 0 aliphatic heterocycles. The monoisotopic (exact) mass is 286 g/mol. The first-order valence-corrected chi connectivity index (χ1v) is 6.47. The minimum absolute atomic E-state index is 0.573. The van der Waals surface area contributed by atoms with E-state index in [-0.39, 0.29) is 0 Å². The molecule has 1 unspecified atom stereocenters. The number of alkyl halides is 1. The van der Waals surface area contributed by atoms with E-state index in [1.807, 2.05) is 18.2 Å². The van der Waals surface area contributed by atoms with Gasteiger partial charge in [0.25, 0.3) is 0 Å². The molecule has 0 saturated carbocycles. The van der Waals surface area contributed by atoms with Crippen LogP contribution < -0.4 is 9.47 Å². The molecule has 90 valence electrons. The summed E-state index contributed by atoms with van der Waals surface area (Å²) in [5, 5.41) is 0. The maximum atomic E-state index is 5.34. The third-order valence-electron chi connectivity index (χ3n) is 2.66. The van der Waals surface area contributed by atoms with Gasteiger partial charge in [-0.2, -0.15) is 0 Å². The molecule has 0 fully saturated rings. The Morgan fingerprint density at radius 1 is 1.25 bits per heavy atom. The van der Waals surface area contributed by atoms with Gasteiger partial charge in [0, 0.05) is 4.83 Å². The lowest BCUT2D eigenvalue weighted by molar-refractivity contribution is 0.398. The second-order valence-electron chi connectivity index (χ2n) is 3.72. The van der Waals surface area contributed by atoms with Crippen LogP contribution in [0.3, 0.4) is 0 Å². The summed E-state index contributed by atoms with van der Waals surface area (Å²) < 4.78 is 10.6. The molecule has 2 nitrogen and oxygen atoms in total. The van der Waals surface area contributed by atoms with E-state index in [0.29, 0.717) is 4.83 Å². The molecule has 0 saturated heterocycles. The number of methoxy groups -OCH3 is 2. The largest absolute Gasteiger partial charge is 0.497 e. The van der Waals surface area contributed by atoms with Crippen LogP contribution in [-0.2, 0) is 6.42 Å². The van der Waals surface area contributed by atoms with E-state index in [9.17, 15) is 0 Å². The summed E-state index contributed by atoms with van der Waals surface area (Å²) in [5.41, 5.74) is 1.21. The van der Waals surface area contributed by atoms with Crippen LogP contribution in [0.5, 0.6) is 11.5 Å². The Balaban J connectivity index is 2.75. The van der Waals surface area contributed by atoms with Crippen LogP contribution in [0.2, 0.25) is 0 Å². The zero-order valence-corrected chi connectivity index (χ0v) is 11.7. The van der Waals surface area contributed by atoms with Crippen LogP contribution in [0.4, 0.5) is 0 Å².